The number of ether oxygens (including phenoxy) is 1. The molecular formula is C29H49N3O5S. The molecule has 8 nitrogen and oxygen atoms in total. The number of phenolic OH excluding ortho intramolecular Hbond substituents is 1. The number of rotatable bonds is 14. The Kier molecular flexibility index (Phi) is 14.0. The van der Waals surface area contributed by atoms with Gasteiger partial charge in [0, 0.05) is 12.1 Å². The van der Waals surface area contributed by atoms with Crippen molar-refractivity contribution in [1.29, 1.82) is 0 Å². The van der Waals surface area contributed by atoms with Crippen molar-refractivity contribution in [3.05, 3.63) is 29.8 Å². The van der Waals surface area contributed by atoms with Crippen molar-refractivity contribution in [2.24, 2.45) is 0 Å². The molecule has 0 saturated carbocycles. The maximum absolute atomic E-state index is 14.1. The van der Waals surface area contributed by atoms with Gasteiger partial charge in [-0.2, -0.15) is 11.8 Å². The molecule has 0 radical (unpaired) electrons. The maximum atomic E-state index is 14.1. The summed E-state index contributed by atoms with van der Waals surface area (Å²) in [5.74, 6) is 0.0772. The molecule has 0 heterocycles. The van der Waals surface area contributed by atoms with Crippen LogP contribution < -0.4 is 10.6 Å². The zero-order chi connectivity index (χ0) is 28.9. The van der Waals surface area contributed by atoms with Gasteiger partial charge in [-0.1, -0.05) is 44.7 Å². The second-order valence-electron chi connectivity index (χ2n) is 11.7. The average molecular weight is 552 g/mol. The van der Waals surface area contributed by atoms with Gasteiger partial charge in [0.1, 0.15) is 23.4 Å². The van der Waals surface area contributed by atoms with E-state index in [1.165, 1.54) is 12.1 Å². The van der Waals surface area contributed by atoms with E-state index >= 15 is 0 Å². The number of unbranched alkanes of at least 4 members (excludes halogenated alkanes) is 4. The Hall–Kier alpha value is -2.42. The normalized spacial score (nSPS) is 13.4. The van der Waals surface area contributed by atoms with Gasteiger partial charge in [-0.15, -0.1) is 0 Å². The van der Waals surface area contributed by atoms with E-state index in [9.17, 15) is 19.5 Å². The quantitative estimate of drug-likeness (QED) is 0.253. The average Bonchev–Trinajstić information content (AvgIpc) is 2.79. The maximum Gasteiger partial charge on any atom is 0.408 e. The number of thioether (sulfide) groups is 1. The van der Waals surface area contributed by atoms with Crippen molar-refractivity contribution < 1.29 is 24.2 Å². The molecule has 1 aromatic rings. The molecule has 0 aromatic heterocycles. The zero-order valence-electron chi connectivity index (χ0n) is 24.6. The van der Waals surface area contributed by atoms with Crippen molar-refractivity contribution in [2.45, 2.75) is 110 Å². The van der Waals surface area contributed by atoms with Gasteiger partial charge in [0.05, 0.1) is 0 Å². The molecule has 0 fully saturated rings. The Morgan fingerprint density at radius 3 is 2.13 bits per heavy atom. The van der Waals surface area contributed by atoms with E-state index in [-0.39, 0.29) is 17.6 Å². The lowest BCUT2D eigenvalue weighted by atomic mass is 9.99. The molecule has 1 rings (SSSR count). The largest absolute Gasteiger partial charge is 0.508 e. The van der Waals surface area contributed by atoms with Crippen LogP contribution in [0.3, 0.4) is 0 Å². The second-order valence-corrected chi connectivity index (χ2v) is 12.6. The van der Waals surface area contributed by atoms with E-state index in [1.807, 2.05) is 27.0 Å². The van der Waals surface area contributed by atoms with Gasteiger partial charge < -0.3 is 25.4 Å². The number of hydrogen-bond donors (Lipinski definition) is 3. The minimum absolute atomic E-state index is 0.0746. The lowest BCUT2D eigenvalue weighted by molar-refractivity contribution is -0.143. The van der Waals surface area contributed by atoms with Crippen LogP contribution in [-0.4, -0.2) is 63.6 Å². The Bertz CT molecular complexity index is 878. The van der Waals surface area contributed by atoms with Gasteiger partial charge in [0.2, 0.25) is 11.8 Å². The molecule has 38 heavy (non-hydrogen) atoms. The van der Waals surface area contributed by atoms with E-state index in [0.717, 1.165) is 32.1 Å². The SMILES string of the molecule is CCCCCCCN(C(=O)C(CCSC)NC(=O)OC(C)(C)C)C(C(=O)NC(C)(C)C)c1ccc(O)cc1. The van der Waals surface area contributed by atoms with Crippen LogP contribution in [0, 0.1) is 0 Å². The predicted octanol–water partition coefficient (Wildman–Crippen LogP) is 5.79. The highest BCUT2D eigenvalue weighted by atomic mass is 32.2. The summed E-state index contributed by atoms with van der Waals surface area (Å²) in [6.45, 7) is 13.5. The summed E-state index contributed by atoms with van der Waals surface area (Å²) in [4.78, 5) is 42.1. The second kappa shape index (κ2) is 15.9. The number of nitrogens with zero attached hydrogens (tertiary/aromatic N) is 1. The summed E-state index contributed by atoms with van der Waals surface area (Å²) in [5.41, 5.74) is -0.640. The number of benzene rings is 1. The number of amides is 3. The van der Waals surface area contributed by atoms with Crippen LogP contribution in [0.15, 0.2) is 24.3 Å². The standard InChI is InChI=1S/C29H49N3O5S/c1-9-10-11-12-13-19-32(26(35)23(18-20-38-8)30-27(36)37-29(5,6)7)24(25(34)31-28(2,3)4)21-14-16-22(33)17-15-21/h14-17,23-24,33H,9-13,18-20H2,1-8H3,(H,30,36)(H,31,34). The Morgan fingerprint density at radius 1 is 1.00 bits per heavy atom. The van der Waals surface area contributed by atoms with E-state index < -0.39 is 29.3 Å². The van der Waals surface area contributed by atoms with Gasteiger partial charge in [-0.3, -0.25) is 9.59 Å². The van der Waals surface area contributed by atoms with Gasteiger partial charge in [-0.05, 0) is 84.1 Å². The molecule has 0 aliphatic heterocycles. The summed E-state index contributed by atoms with van der Waals surface area (Å²) in [6, 6.07) is 4.58. The number of carbonyl (C=O) groups is 3. The molecule has 0 spiro atoms. The summed E-state index contributed by atoms with van der Waals surface area (Å²) in [7, 11) is 0. The molecule has 1 aromatic carbocycles. The number of nitrogens with one attached hydrogen (secondary N) is 2. The van der Waals surface area contributed by atoms with Crippen molar-refractivity contribution >= 4 is 29.7 Å². The van der Waals surface area contributed by atoms with Crippen LogP contribution in [0.4, 0.5) is 4.79 Å². The van der Waals surface area contributed by atoms with Gasteiger partial charge in [0.25, 0.3) is 0 Å². The molecule has 3 N–H and O–H groups in total. The third-order valence-electron chi connectivity index (χ3n) is 5.65. The molecule has 2 unspecified atom stereocenters. The fourth-order valence-electron chi connectivity index (χ4n) is 3.96. The molecular weight excluding hydrogens is 502 g/mol. The van der Waals surface area contributed by atoms with Crippen molar-refractivity contribution in [1.82, 2.24) is 15.5 Å². The van der Waals surface area contributed by atoms with E-state index in [2.05, 4.69) is 17.6 Å². The number of phenols is 1. The Labute approximate surface area is 233 Å². The predicted molar refractivity (Wildman–Crippen MR) is 155 cm³/mol. The van der Waals surface area contributed by atoms with Gasteiger partial charge in [-0.25, -0.2) is 4.79 Å². The van der Waals surface area contributed by atoms with Gasteiger partial charge >= 0.3 is 6.09 Å². The van der Waals surface area contributed by atoms with E-state index in [0.29, 0.717) is 24.3 Å². The number of alkyl carbamates (subject to hydrolysis) is 1. The number of hydrogen-bond acceptors (Lipinski definition) is 6. The summed E-state index contributed by atoms with van der Waals surface area (Å²) < 4.78 is 5.44. The molecule has 3 amide bonds. The van der Waals surface area contributed by atoms with E-state index in [1.54, 1.807) is 49.6 Å². The van der Waals surface area contributed by atoms with Gasteiger partial charge in [0.15, 0.2) is 0 Å². The molecule has 0 aliphatic rings. The molecule has 0 bridgehead atoms. The Balaban J connectivity index is 3.45. The molecule has 0 aliphatic carbocycles. The minimum Gasteiger partial charge on any atom is -0.508 e. The fraction of sp³-hybridized carbons (Fsp3) is 0.690. The Morgan fingerprint density at radius 2 is 1.61 bits per heavy atom. The topological polar surface area (TPSA) is 108 Å². The first-order valence-electron chi connectivity index (χ1n) is 13.6. The first-order valence-corrected chi connectivity index (χ1v) is 15.0. The van der Waals surface area contributed by atoms with Crippen molar-refractivity contribution in [2.75, 3.05) is 18.6 Å². The van der Waals surface area contributed by atoms with Crippen LogP contribution in [0.2, 0.25) is 0 Å². The van der Waals surface area contributed by atoms with Crippen molar-refractivity contribution in [3.63, 3.8) is 0 Å². The molecule has 9 heteroatoms. The number of aromatic hydroxyl groups is 1. The minimum atomic E-state index is -0.925. The summed E-state index contributed by atoms with van der Waals surface area (Å²) >= 11 is 1.58. The van der Waals surface area contributed by atoms with Crippen LogP contribution in [0.25, 0.3) is 0 Å². The van der Waals surface area contributed by atoms with Crippen LogP contribution >= 0.6 is 11.8 Å². The lowest BCUT2D eigenvalue weighted by Gasteiger charge is -2.36. The molecule has 216 valence electrons. The van der Waals surface area contributed by atoms with Crippen molar-refractivity contribution in [3.8, 4) is 5.75 Å². The lowest BCUT2D eigenvalue weighted by Crippen LogP contribution is -2.55. The summed E-state index contributed by atoms with van der Waals surface area (Å²) in [5, 5.41) is 15.7. The van der Waals surface area contributed by atoms with E-state index in [4.69, 9.17) is 4.74 Å². The number of carbonyl (C=O) groups excluding carboxylic acids is 3. The molecule has 0 saturated heterocycles. The monoisotopic (exact) mass is 551 g/mol. The highest BCUT2D eigenvalue weighted by Gasteiger charge is 2.37. The third-order valence-corrected chi connectivity index (χ3v) is 6.30. The fourth-order valence-corrected chi connectivity index (χ4v) is 4.43. The smallest absolute Gasteiger partial charge is 0.408 e. The first-order chi connectivity index (χ1) is 17.7. The first kappa shape index (κ1) is 33.6. The highest BCUT2D eigenvalue weighted by Crippen LogP contribution is 2.27. The van der Waals surface area contributed by atoms with Crippen LogP contribution in [0.1, 0.15) is 98.6 Å². The zero-order valence-corrected chi connectivity index (χ0v) is 25.4. The summed E-state index contributed by atoms with van der Waals surface area (Å²) in [6.07, 6.45) is 6.58. The van der Waals surface area contributed by atoms with Crippen LogP contribution in [0.5, 0.6) is 5.75 Å². The molecule has 2 atom stereocenters. The third kappa shape index (κ3) is 12.9. The highest BCUT2D eigenvalue weighted by molar-refractivity contribution is 7.98. The van der Waals surface area contributed by atoms with Crippen LogP contribution in [-0.2, 0) is 14.3 Å².